The molecule has 0 bridgehead atoms. The molecule has 2 heteroatoms. The van der Waals surface area contributed by atoms with E-state index >= 15 is 0 Å². The number of thiol groups is 1. The molecule has 1 rings (SSSR count). The minimum absolute atomic E-state index is 0.677. The van der Waals surface area contributed by atoms with Crippen LogP contribution in [0.4, 0.5) is 0 Å². The predicted molar refractivity (Wildman–Crippen MR) is 52.6 cm³/mol. The van der Waals surface area contributed by atoms with Gasteiger partial charge < -0.3 is 4.90 Å². The Morgan fingerprint density at radius 1 is 1.55 bits per heavy atom. The first-order valence-electron chi connectivity index (χ1n) is 4.04. The van der Waals surface area contributed by atoms with Gasteiger partial charge in [0.1, 0.15) is 0 Å². The summed E-state index contributed by atoms with van der Waals surface area (Å²) in [5, 5.41) is 0. The minimum Gasteiger partial charge on any atom is -0.354 e. The van der Waals surface area contributed by atoms with Crippen molar-refractivity contribution in [1.29, 1.82) is 0 Å². The average Bonchev–Trinajstić information content (AvgIpc) is 2.17. The Kier molecular flexibility index (Phi) is 3.57. The van der Waals surface area contributed by atoms with Crippen molar-refractivity contribution in [2.75, 3.05) is 12.3 Å². The largest absolute Gasteiger partial charge is 0.354 e. The molecule has 0 aliphatic carbocycles. The zero-order valence-electron chi connectivity index (χ0n) is 6.90. The topological polar surface area (TPSA) is 3.24 Å². The van der Waals surface area contributed by atoms with E-state index in [9.17, 15) is 0 Å². The molecule has 0 aromatic carbocycles. The van der Waals surface area contributed by atoms with E-state index in [1.807, 2.05) is 0 Å². The molecule has 1 aliphatic heterocycles. The highest BCUT2D eigenvalue weighted by molar-refractivity contribution is 7.80. The average molecular weight is 169 g/mol. The molecule has 1 atom stereocenters. The molecule has 1 nitrogen and oxygen atoms in total. The summed E-state index contributed by atoms with van der Waals surface area (Å²) in [5.74, 6) is 1.58. The van der Waals surface area contributed by atoms with E-state index in [-0.39, 0.29) is 0 Å². The predicted octanol–water partition coefficient (Wildman–Crippen LogP) is 2.29. The van der Waals surface area contributed by atoms with Gasteiger partial charge >= 0.3 is 0 Å². The lowest BCUT2D eigenvalue weighted by Gasteiger charge is -2.11. The Bertz CT molecular complexity index is 163. The molecule has 0 spiro atoms. The van der Waals surface area contributed by atoms with Gasteiger partial charge in [0.25, 0.3) is 0 Å². The molecule has 11 heavy (non-hydrogen) atoms. The van der Waals surface area contributed by atoms with Crippen LogP contribution < -0.4 is 0 Å². The maximum absolute atomic E-state index is 4.18. The van der Waals surface area contributed by atoms with E-state index in [1.165, 1.54) is 0 Å². The molecule has 0 radical (unpaired) electrons. The van der Waals surface area contributed by atoms with Crippen LogP contribution in [0, 0.1) is 5.92 Å². The van der Waals surface area contributed by atoms with Crippen LogP contribution in [0.5, 0.6) is 0 Å². The third-order valence-corrected chi connectivity index (χ3v) is 1.97. The Balaban J connectivity index is 2.47. The van der Waals surface area contributed by atoms with E-state index in [0.717, 1.165) is 18.7 Å². The lowest BCUT2D eigenvalue weighted by molar-refractivity contribution is 0.541. The molecule has 1 unspecified atom stereocenters. The highest BCUT2D eigenvalue weighted by Crippen LogP contribution is 2.10. The third-order valence-electron chi connectivity index (χ3n) is 1.77. The fourth-order valence-corrected chi connectivity index (χ4v) is 1.29. The van der Waals surface area contributed by atoms with Crippen LogP contribution in [0.3, 0.4) is 0 Å². The summed E-state index contributed by atoms with van der Waals surface area (Å²) in [5.41, 5.74) is 0. The van der Waals surface area contributed by atoms with Gasteiger partial charge in [-0.15, -0.1) is 0 Å². The molecule has 0 N–H and O–H groups in total. The molecule has 0 saturated carbocycles. The summed E-state index contributed by atoms with van der Waals surface area (Å²) in [6, 6.07) is 0. The van der Waals surface area contributed by atoms with E-state index in [2.05, 4.69) is 49.0 Å². The van der Waals surface area contributed by atoms with Gasteiger partial charge in [-0.05, 0) is 24.7 Å². The van der Waals surface area contributed by atoms with Gasteiger partial charge in [-0.3, -0.25) is 0 Å². The fourth-order valence-electron chi connectivity index (χ4n) is 1.06. The smallest absolute Gasteiger partial charge is 0.0307 e. The third kappa shape index (κ3) is 3.02. The van der Waals surface area contributed by atoms with Crippen molar-refractivity contribution in [3.8, 4) is 0 Å². The normalized spacial score (nSPS) is 23.8. The Hall–Kier alpha value is -0.370. The number of nitrogens with zero attached hydrogens (tertiary/aromatic N) is 1. The van der Waals surface area contributed by atoms with Crippen LogP contribution in [0.2, 0.25) is 0 Å². The molecule has 0 saturated heterocycles. The highest BCUT2D eigenvalue weighted by Gasteiger charge is 1.99. The van der Waals surface area contributed by atoms with Crippen LogP contribution in [0.1, 0.15) is 13.3 Å². The molecule has 1 aliphatic rings. The second kappa shape index (κ2) is 4.50. The minimum atomic E-state index is 0.677. The first kappa shape index (κ1) is 8.72. The van der Waals surface area contributed by atoms with E-state index < -0.39 is 0 Å². The van der Waals surface area contributed by atoms with Crippen LogP contribution in [0.15, 0.2) is 24.6 Å². The van der Waals surface area contributed by atoms with E-state index in [4.69, 9.17) is 0 Å². The van der Waals surface area contributed by atoms with Crippen LogP contribution in [-0.2, 0) is 0 Å². The van der Waals surface area contributed by atoms with Gasteiger partial charge in [0.05, 0.1) is 0 Å². The van der Waals surface area contributed by atoms with Crippen LogP contribution in [0.25, 0.3) is 0 Å². The summed E-state index contributed by atoms with van der Waals surface area (Å²) in [6.45, 7) is 3.23. The number of rotatable bonds is 2. The monoisotopic (exact) mass is 169 g/mol. The van der Waals surface area contributed by atoms with Gasteiger partial charge in [-0.25, -0.2) is 0 Å². The fraction of sp³-hybridized carbons (Fsp3) is 0.556. The number of hydrogen-bond acceptors (Lipinski definition) is 2. The first-order chi connectivity index (χ1) is 5.33. The standard InChI is InChI=1S/C9H15NS/c1-9-3-2-5-10(6-4-9)7-8-11/h2,4-6,9,11H,3,7-8H2,1H3. The van der Waals surface area contributed by atoms with Crippen molar-refractivity contribution in [3.05, 3.63) is 24.6 Å². The maximum atomic E-state index is 4.18. The van der Waals surface area contributed by atoms with E-state index in [1.54, 1.807) is 0 Å². The molecule has 0 aromatic heterocycles. The Morgan fingerprint density at radius 2 is 2.36 bits per heavy atom. The summed E-state index contributed by atoms with van der Waals surface area (Å²) >= 11 is 4.18. The molecular weight excluding hydrogens is 154 g/mol. The molecule has 1 heterocycles. The molecule has 0 amide bonds. The quantitative estimate of drug-likeness (QED) is 0.621. The Labute approximate surface area is 74.2 Å². The van der Waals surface area contributed by atoms with Crippen molar-refractivity contribution >= 4 is 12.6 Å². The number of allylic oxidation sites excluding steroid dienone is 2. The summed E-state index contributed by atoms with van der Waals surface area (Å²) in [7, 11) is 0. The van der Waals surface area contributed by atoms with Crippen molar-refractivity contribution in [3.63, 3.8) is 0 Å². The van der Waals surface area contributed by atoms with Gasteiger partial charge in [0, 0.05) is 12.3 Å². The molecule has 0 fully saturated rings. The first-order valence-corrected chi connectivity index (χ1v) is 4.68. The van der Waals surface area contributed by atoms with Crippen molar-refractivity contribution in [1.82, 2.24) is 4.90 Å². The summed E-state index contributed by atoms with van der Waals surface area (Å²) in [4.78, 5) is 2.18. The summed E-state index contributed by atoms with van der Waals surface area (Å²) < 4.78 is 0. The SMILES string of the molecule is CC1C=CN(CCS)C=CC1. The van der Waals surface area contributed by atoms with Crippen molar-refractivity contribution in [2.45, 2.75) is 13.3 Å². The zero-order chi connectivity index (χ0) is 8.10. The molecular formula is C9H15NS. The van der Waals surface area contributed by atoms with Gasteiger partial charge in [-0.1, -0.05) is 19.1 Å². The summed E-state index contributed by atoms with van der Waals surface area (Å²) in [6.07, 6.45) is 9.89. The second-order valence-corrected chi connectivity index (χ2v) is 3.35. The lowest BCUT2D eigenvalue weighted by Crippen LogP contribution is -2.11. The van der Waals surface area contributed by atoms with Crippen LogP contribution in [-0.4, -0.2) is 17.2 Å². The molecule has 0 aromatic rings. The maximum Gasteiger partial charge on any atom is 0.0307 e. The van der Waals surface area contributed by atoms with Crippen molar-refractivity contribution in [2.24, 2.45) is 5.92 Å². The van der Waals surface area contributed by atoms with E-state index in [0.29, 0.717) is 5.92 Å². The molecule has 62 valence electrons. The van der Waals surface area contributed by atoms with Gasteiger partial charge in [-0.2, -0.15) is 12.6 Å². The number of hydrogen-bond donors (Lipinski definition) is 1. The zero-order valence-corrected chi connectivity index (χ0v) is 7.80. The van der Waals surface area contributed by atoms with Crippen LogP contribution >= 0.6 is 12.6 Å². The highest BCUT2D eigenvalue weighted by atomic mass is 32.1. The lowest BCUT2D eigenvalue weighted by atomic mass is 10.1. The van der Waals surface area contributed by atoms with Crippen molar-refractivity contribution < 1.29 is 0 Å². The van der Waals surface area contributed by atoms with Gasteiger partial charge in [0.2, 0.25) is 0 Å². The Morgan fingerprint density at radius 3 is 3.09 bits per heavy atom. The van der Waals surface area contributed by atoms with Gasteiger partial charge in [0.15, 0.2) is 0 Å². The second-order valence-electron chi connectivity index (χ2n) is 2.90.